The molecule has 1 fully saturated rings. The Morgan fingerprint density at radius 2 is 2.04 bits per heavy atom. The number of nitrogens with one attached hydrogen (secondary N) is 2. The normalized spacial score (nSPS) is 14.8. The standard InChI is InChI=1S/C17H18N2O4/c1-22-13-5-2-4-12(10-13)19-16(21)17(7-8-17)15(20)18-11-14-6-3-9-23-14/h2-6,9-10H,7-8,11H2,1H3,(H,18,20)(H,19,21). The number of rotatable bonds is 6. The molecule has 1 aliphatic carbocycles. The zero-order chi connectivity index (χ0) is 16.3. The molecule has 6 nitrogen and oxygen atoms in total. The number of carbonyl (C=O) groups is 2. The molecular weight excluding hydrogens is 296 g/mol. The molecule has 1 saturated carbocycles. The van der Waals surface area contributed by atoms with Gasteiger partial charge in [0.25, 0.3) is 0 Å². The highest BCUT2D eigenvalue weighted by Gasteiger charge is 2.56. The molecule has 0 saturated heterocycles. The van der Waals surface area contributed by atoms with Gasteiger partial charge in [-0.05, 0) is 37.1 Å². The maximum atomic E-state index is 12.5. The third-order valence-electron chi connectivity index (χ3n) is 3.95. The molecule has 0 atom stereocenters. The van der Waals surface area contributed by atoms with Crippen LogP contribution in [0, 0.1) is 5.41 Å². The van der Waals surface area contributed by atoms with Crippen LogP contribution in [-0.2, 0) is 16.1 Å². The average Bonchev–Trinajstić information content (AvgIpc) is 3.22. The molecule has 0 radical (unpaired) electrons. The fourth-order valence-corrected chi connectivity index (χ4v) is 2.38. The number of methoxy groups -OCH3 is 1. The number of hydrogen-bond acceptors (Lipinski definition) is 4. The molecule has 1 aromatic heterocycles. The van der Waals surface area contributed by atoms with Gasteiger partial charge in [-0.15, -0.1) is 0 Å². The van der Waals surface area contributed by atoms with E-state index in [2.05, 4.69) is 10.6 Å². The lowest BCUT2D eigenvalue weighted by molar-refractivity contribution is -0.134. The van der Waals surface area contributed by atoms with Crippen molar-refractivity contribution in [3.8, 4) is 5.75 Å². The summed E-state index contributed by atoms with van der Waals surface area (Å²) in [5, 5.41) is 5.55. The van der Waals surface area contributed by atoms with Crippen LogP contribution in [0.4, 0.5) is 5.69 Å². The molecule has 1 aliphatic rings. The van der Waals surface area contributed by atoms with Crippen LogP contribution in [0.15, 0.2) is 47.1 Å². The first-order chi connectivity index (χ1) is 11.1. The van der Waals surface area contributed by atoms with Crippen molar-refractivity contribution in [2.24, 2.45) is 5.41 Å². The second kappa shape index (κ2) is 6.16. The molecule has 0 aliphatic heterocycles. The quantitative estimate of drug-likeness (QED) is 0.802. The van der Waals surface area contributed by atoms with Crippen LogP contribution in [0.25, 0.3) is 0 Å². The molecule has 0 unspecified atom stereocenters. The summed E-state index contributed by atoms with van der Waals surface area (Å²) in [5.41, 5.74) is -0.366. The number of hydrogen-bond donors (Lipinski definition) is 2. The topological polar surface area (TPSA) is 80.6 Å². The van der Waals surface area contributed by atoms with Crippen molar-refractivity contribution in [3.05, 3.63) is 48.4 Å². The first kappa shape index (κ1) is 15.1. The number of amides is 2. The highest BCUT2D eigenvalue weighted by atomic mass is 16.5. The molecule has 2 amide bonds. The van der Waals surface area contributed by atoms with Gasteiger partial charge in [0, 0.05) is 11.8 Å². The van der Waals surface area contributed by atoms with Crippen LogP contribution < -0.4 is 15.4 Å². The predicted octanol–water partition coefficient (Wildman–Crippen LogP) is 2.32. The van der Waals surface area contributed by atoms with Crippen LogP contribution in [0.5, 0.6) is 5.75 Å². The highest BCUT2D eigenvalue weighted by Crippen LogP contribution is 2.47. The Hall–Kier alpha value is -2.76. The van der Waals surface area contributed by atoms with Crippen LogP contribution in [-0.4, -0.2) is 18.9 Å². The summed E-state index contributed by atoms with van der Waals surface area (Å²) >= 11 is 0. The highest BCUT2D eigenvalue weighted by molar-refractivity contribution is 6.13. The summed E-state index contributed by atoms with van der Waals surface area (Å²) in [7, 11) is 1.56. The van der Waals surface area contributed by atoms with Crippen molar-refractivity contribution in [1.82, 2.24) is 5.32 Å². The predicted molar refractivity (Wildman–Crippen MR) is 83.8 cm³/mol. The third kappa shape index (κ3) is 3.21. The fraction of sp³-hybridized carbons (Fsp3) is 0.294. The first-order valence-corrected chi connectivity index (χ1v) is 7.40. The fourth-order valence-electron chi connectivity index (χ4n) is 2.38. The van der Waals surface area contributed by atoms with Gasteiger partial charge in [-0.1, -0.05) is 6.07 Å². The maximum absolute atomic E-state index is 12.5. The van der Waals surface area contributed by atoms with E-state index in [1.54, 1.807) is 49.8 Å². The lowest BCUT2D eigenvalue weighted by Gasteiger charge is -2.15. The molecule has 0 spiro atoms. The Balaban J connectivity index is 1.62. The number of benzene rings is 1. The first-order valence-electron chi connectivity index (χ1n) is 7.40. The van der Waals surface area contributed by atoms with Gasteiger partial charge in [-0.3, -0.25) is 9.59 Å². The van der Waals surface area contributed by atoms with Gasteiger partial charge in [0.05, 0.1) is 19.9 Å². The third-order valence-corrected chi connectivity index (χ3v) is 3.95. The molecule has 1 aromatic carbocycles. The molecule has 2 N–H and O–H groups in total. The van der Waals surface area contributed by atoms with Crippen LogP contribution in [0.2, 0.25) is 0 Å². The lowest BCUT2D eigenvalue weighted by atomic mass is 10.0. The van der Waals surface area contributed by atoms with Crippen molar-refractivity contribution in [3.63, 3.8) is 0 Å². The summed E-state index contributed by atoms with van der Waals surface area (Å²) in [4.78, 5) is 24.8. The van der Waals surface area contributed by atoms with E-state index in [-0.39, 0.29) is 18.4 Å². The van der Waals surface area contributed by atoms with Crippen LogP contribution in [0.3, 0.4) is 0 Å². The Kier molecular flexibility index (Phi) is 4.06. The SMILES string of the molecule is COc1cccc(NC(=O)C2(C(=O)NCc3ccco3)CC2)c1. The Morgan fingerprint density at radius 3 is 2.70 bits per heavy atom. The average molecular weight is 314 g/mol. The van der Waals surface area contributed by atoms with E-state index in [9.17, 15) is 9.59 Å². The molecule has 23 heavy (non-hydrogen) atoms. The van der Waals surface area contributed by atoms with Crippen LogP contribution in [0.1, 0.15) is 18.6 Å². The Labute approximate surface area is 133 Å². The van der Waals surface area contributed by atoms with E-state index in [1.165, 1.54) is 0 Å². The molecule has 2 aromatic rings. The largest absolute Gasteiger partial charge is 0.497 e. The lowest BCUT2D eigenvalue weighted by Crippen LogP contribution is -2.39. The molecular formula is C17H18N2O4. The Bertz CT molecular complexity index is 705. The zero-order valence-electron chi connectivity index (χ0n) is 12.8. The molecule has 3 rings (SSSR count). The molecule has 1 heterocycles. The summed E-state index contributed by atoms with van der Waals surface area (Å²) < 4.78 is 10.3. The van der Waals surface area contributed by atoms with Gasteiger partial charge in [0.15, 0.2) is 0 Å². The smallest absolute Gasteiger partial charge is 0.240 e. The second-order valence-corrected chi connectivity index (χ2v) is 5.53. The van der Waals surface area contributed by atoms with Gasteiger partial charge in [-0.25, -0.2) is 0 Å². The second-order valence-electron chi connectivity index (χ2n) is 5.53. The van der Waals surface area contributed by atoms with E-state index in [0.717, 1.165) is 0 Å². The van der Waals surface area contributed by atoms with E-state index >= 15 is 0 Å². The molecule has 120 valence electrons. The minimum Gasteiger partial charge on any atom is -0.497 e. The van der Waals surface area contributed by atoms with Crippen LogP contribution >= 0.6 is 0 Å². The van der Waals surface area contributed by atoms with E-state index < -0.39 is 5.41 Å². The van der Waals surface area contributed by atoms with Crippen molar-refractivity contribution in [2.45, 2.75) is 19.4 Å². The number of ether oxygens (including phenoxy) is 1. The van der Waals surface area contributed by atoms with E-state index in [4.69, 9.17) is 9.15 Å². The summed E-state index contributed by atoms with van der Waals surface area (Å²) in [6.45, 7) is 0.278. The zero-order valence-corrected chi connectivity index (χ0v) is 12.8. The van der Waals surface area contributed by atoms with Gasteiger partial charge in [-0.2, -0.15) is 0 Å². The summed E-state index contributed by atoms with van der Waals surface area (Å²) in [6, 6.07) is 10.6. The number of carbonyl (C=O) groups excluding carboxylic acids is 2. The minimum atomic E-state index is -0.977. The summed E-state index contributed by atoms with van der Waals surface area (Å²) in [5.74, 6) is 0.745. The van der Waals surface area contributed by atoms with Gasteiger partial charge in [0.2, 0.25) is 11.8 Å². The summed E-state index contributed by atoms with van der Waals surface area (Å²) in [6.07, 6.45) is 2.64. The molecule has 0 bridgehead atoms. The van der Waals surface area contributed by atoms with Gasteiger partial charge >= 0.3 is 0 Å². The minimum absolute atomic E-state index is 0.269. The van der Waals surface area contributed by atoms with Crippen molar-refractivity contribution in [2.75, 3.05) is 12.4 Å². The maximum Gasteiger partial charge on any atom is 0.240 e. The van der Waals surface area contributed by atoms with Gasteiger partial charge < -0.3 is 19.8 Å². The van der Waals surface area contributed by atoms with Crippen molar-refractivity contribution in [1.29, 1.82) is 0 Å². The van der Waals surface area contributed by atoms with Crippen molar-refractivity contribution < 1.29 is 18.7 Å². The number of furan rings is 1. The molecule has 6 heteroatoms. The van der Waals surface area contributed by atoms with Crippen molar-refractivity contribution >= 4 is 17.5 Å². The monoisotopic (exact) mass is 314 g/mol. The van der Waals surface area contributed by atoms with E-state index in [1.807, 2.05) is 0 Å². The Morgan fingerprint density at radius 1 is 1.22 bits per heavy atom. The van der Waals surface area contributed by atoms with E-state index in [0.29, 0.717) is 30.0 Å². The van der Waals surface area contributed by atoms with Gasteiger partial charge in [0.1, 0.15) is 16.9 Å². The number of anilines is 1.